The number of amides is 1. The van der Waals surface area contributed by atoms with Gasteiger partial charge in [-0.05, 0) is 37.7 Å². The van der Waals surface area contributed by atoms with E-state index in [0.29, 0.717) is 10.9 Å². The van der Waals surface area contributed by atoms with Crippen molar-refractivity contribution in [3.63, 3.8) is 0 Å². The maximum absolute atomic E-state index is 12.3. The van der Waals surface area contributed by atoms with Crippen LogP contribution in [0.25, 0.3) is 10.9 Å². The van der Waals surface area contributed by atoms with E-state index in [9.17, 15) is 9.59 Å². The number of rotatable bonds is 4. The maximum Gasteiger partial charge on any atom is 0.262 e. The average Bonchev–Trinajstić information content (AvgIpc) is 2.43. The summed E-state index contributed by atoms with van der Waals surface area (Å²) in [5.74, 6) is -0.212. The van der Waals surface area contributed by atoms with Gasteiger partial charge < -0.3 is 10.3 Å². The average molecular weight is 291 g/mol. The smallest absolute Gasteiger partial charge is 0.262 e. The van der Waals surface area contributed by atoms with E-state index >= 15 is 0 Å². The summed E-state index contributed by atoms with van der Waals surface area (Å²) in [4.78, 5) is 27.2. The van der Waals surface area contributed by atoms with Crippen LogP contribution in [0, 0.1) is 4.77 Å². The summed E-state index contributed by atoms with van der Waals surface area (Å²) in [7, 11) is 0. The number of nitrogens with one attached hydrogen (secondary N) is 2. The summed E-state index contributed by atoms with van der Waals surface area (Å²) in [5.41, 5.74) is 0.435. The highest BCUT2D eigenvalue weighted by atomic mass is 32.1. The minimum atomic E-state index is -0.247. The van der Waals surface area contributed by atoms with Gasteiger partial charge in [0.1, 0.15) is 6.54 Å². The van der Waals surface area contributed by atoms with Gasteiger partial charge in [-0.25, -0.2) is 0 Å². The molecule has 1 heterocycles. The van der Waals surface area contributed by atoms with E-state index in [0.717, 1.165) is 6.42 Å². The molecule has 2 aromatic rings. The topological polar surface area (TPSA) is 66.9 Å². The standard InChI is InChI=1S/C14H17N3O2S/c1-3-9(2)15-12(18)8-17-13(19)10-6-4-5-7-11(10)16-14(17)20/h4-7,9H,3,8H2,1-2H3,(H,15,18)(H,16,20). The Morgan fingerprint density at radius 1 is 1.45 bits per heavy atom. The lowest BCUT2D eigenvalue weighted by molar-refractivity contribution is -0.122. The third-order valence-electron chi connectivity index (χ3n) is 3.21. The molecule has 0 aliphatic heterocycles. The lowest BCUT2D eigenvalue weighted by atomic mass is 10.2. The maximum atomic E-state index is 12.3. The summed E-state index contributed by atoms with van der Waals surface area (Å²) in [6, 6.07) is 7.19. The molecule has 0 fully saturated rings. The molecule has 0 saturated carbocycles. The van der Waals surface area contributed by atoms with Crippen LogP contribution in [0.2, 0.25) is 0 Å². The Balaban J connectivity index is 2.38. The molecule has 6 heteroatoms. The molecule has 0 aliphatic carbocycles. The molecule has 1 amide bonds. The van der Waals surface area contributed by atoms with Crippen molar-refractivity contribution in [3.8, 4) is 0 Å². The first-order valence-electron chi connectivity index (χ1n) is 6.54. The van der Waals surface area contributed by atoms with Crippen molar-refractivity contribution in [1.82, 2.24) is 14.9 Å². The van der Waals surface area contributed by atoms with Gasteiger partial charge in [-0.3, -0.25) is 14.2 Å². The zero-order valence-corrected chi connectivity index (χ0v) is 12.3. The van der Waals surface area contributed by atoms with Gasteiger partial charge in [0.25, 0.3) is 5.56 Å². The van der Waals surface area contributed by atoms with Gasteiger partial charge in [-0.15, -0.1) is 0 Å². The van der Waals surface area contributed by atoms with Crippen LogP contribution in [0.15, 0.2) is 29.1 Å². The number of fused-ring (bicyclic) bond motifs is 1. The fourth-order valence-corrected chi connectivity index (χ4v) is 2.17. The van der Waals surface area contributed by atoms with Crippen molar-refractivity contribution < 1.29 is 4.79 Å². The van der Waals surface area contributed by atoms with Crippen LogP contribution in [0.4, 0.5) is 0 Å². The fraction of sp³-hybridized carbons (Fsp3) is 0.357. The number of carbonyl (C=O) groups excluding carboxylic acids is 1. The summed E-state index contributed by atoms with van der Waals surface area (Å²) in [6.45, 7) is 3.84. The van der Waals surface area contributed by atoms with Gasteiger partial charge in [-0.2, -0.15) is 0 Å². The third kappa shape index (κ3) is 2.96. The van der Waals surface area contributed by atoms with Gasteiger partial charge in [0, 0.05) is 6.04 Å². The second-order valence-electron chi connectivity index (χ2n) is 4.74. The molecule has 0 bridgehead atoms. The lowest BCUT2D eigenvalue weighted by Gasteiger charge is -2.12. The molecule has 2 rings (SSSR count). The van der Waals surface area contributed by atoms with Crippen molar-refractivity contribution in [2.45, 2.75) is 32.9 Å². The molecule has 1 aromatic carbocycles. The first-order chi connectivity index (χ1) is 9.52. The number of carbonyl (C=O) groups is 1. The molecule has 0 saturated heterocycles. The van der Waals surface area contributed by atoms with Crippen molar-refractivity contribution in [1.29, 1.82) is 0 Å². The summed E-state index contributed by atoms with van der Waals surface area (Å²) < 4.78 is 1.54. The molecule has 1 atom stereocenters. The Bertz CT molecular complexity index is 748. The number of hydrogen-bond donors (Lipinski definition) is 2. The normalized spacial score (nSPS) is 12.3. The monoisotopic (exact) mass is 291 g/mol. The number of aromatic nitrogens is 2. The molecule has 106 valence electrons. The van der Waals surface area contributed by atoms with Crippen LogP contribution >= 0.6 is 12.2 Å². The van der Waals surface area contributed by atoms with Crippen LogP contribution < -0.4 is 10.9 Å². The second-order valence-corrected chi connectivity index (χ2v) is 5.13. The zero-order chi connectivity index (χ0) is 14.7. The highest BCUT2D eigenvalue weighted by Gasteiger charge is 2.10. The van der Waals surface area contributed by atoms with E-state index in [2.05, 4.69) is 10.3 Å². The van der Waals surface area contributed by atoms with Crippen molar-refractivity contribution >= 4 is 29.0 Å². The largest absolute Gasteiger partial charge is 0.352 e. The zero-order valence-electron chi connectivity index (χ0n) is 11.5. The Kier molecular flexibility index (Phi) is 4.34. The lowest BCUT2D eigenvalue weighted by Crippen LogP contribution is -2.37. The Morgan fingerprint density at radius 3 is 2.85 bits per heavy atom. The molecule has 5 nitrogen and oxygen atoms in total. The Morgan fingerprint density at radius 2 is 2.15 bits per heavy atom. The minimum Gasteiger partial charge on any atom is -0.352 e. The highest BCUT2D eigenvalue weighted by Crippen LogP contribution is 2.05. The number of nitrogens with zero attached hydrogens (tertiary/aromatic N) is 1. The number of aromatic amines is 1. The van der Waals surface area contributed by atoms with Crippen molar-refractivity contribution in [3.05, 3.63) is 39.4 Å². The van der Waals surface area contributed by atoms with Crippen molar-refractivity contribution in [2.75, 3.05) is 0 Å². The predicted molar refractivity (Wildman–Crippen MR) is 81.3 cm³/mol. The van der Waals surface area contributed by atoms with Crippen LogP contribution in [-0.2, 0) is 11.3 Å². The summed E-state index contributed by atoms with van der Waals surface area (Å²) in [6.07, 6.45) is 0.839. The molecule has 1 unspecified atom stereocenters. The molecule has 2 N–H and O–H groups in total. The van der Waals surface area contributed by atoms with E-state index in [1.807, 2.05) is 19.9 Å². The SMILES string of the molecule is CCC(C)NC(=O)Cn1c(=S)[nH]c2ccccc2c1=O. The molecule has 0 spiro atoms. The molecule has 1 aromatic heterocycles. The van der Waals surface area contributed by atoms with Gasteiger partial charge in [-0.1, -0.05) is 19.1 Å². The number of benzene rings is 1. The second kappa shape index (κ2) is 6.00. The Hall–Kier alpha value is -1.95. The number of hydrogen-bond acceptors (Lipinski definition) is 3. The summed E-state index contributed by atoms with van der Waals surface area (Å²) in [5, 5.41) is 3.35. The minimum absolute atomic E-state index is 0.0661. The van der Waals surface area contributed by atoms with Crippen LogP contribution in [0.1, 0.15) is 20.3 Å². The molecule has 20 heavy (non-hydrogen) atoms. The first-order valence-corrected chi connectivity index (χ1v) is 6.95. The number of para-hydroxylation sites is 1. The molecular weight excluding hydrogens is 274 g/mol. The van der Waals surface area contributed by atoms with Crippen molar-refractivity contribution in [2.24, 2.45) is 0 Å². The van der Waals surface area contributed by atoms with Crippen LogP contribution in [0.5, 0.6) is 0 Å². The molecule has 0 aliphatic rings. The fourth-order valence-electron chi connectivity index (χ4n) is 1.91. The number of H-pyrrole nitrogens is 1. The highest BCUT2D eigenvalue weighted by molar-refractivity contribution is 7.71. The Labute approximate surface area is 121 Å². The van der Waals surface area contributed by atoms with Crippen LogP contribution in [0.3, 0.4) is 0 Å². The van der Waals surface area contributed by atoms with Crippen LogP contribution in [-0.4, -0.2) is 21.5 Å². The van der Waals surface area contributed by atoms with E-state index < -0.39 is 0 Å². The van der Waals surface area contributed by atoms with Gasteiger partial charge in [0.2, 0.25) is 5.91 Å². The van der Waals surface area contributed by atoms with E-state index in [1.54, 1.807) is 18.2 Å². The van der Waals surface area contributed by atoms with Gasteiger partial charge in [0.05, 0.1) is 10.9 Å². The third-order valence-corrected chi connectivity index (χ3v) is 3.53. The quantitative estimate of drug-likeness (QED) is 0.846. The molecular formula is C14H17N3O2S. The predicted octanol–water partition coefficient (Wildman–Crippen LogP) is 1.97. The van der Waals surface area contributed by atoms with E-state index in [1.165, 1.54) is 4.57 Å². The molecule has 0 radical (unpaired) electrons. The first kappa shape index (κ1) is 14.5. The summed E-state index contributed by atoms with van der Waals surface area (Å²) >= 11 is 5.15. The van der Waals surface area contributed by atoms with Gasteiger partial charge in [0.15, 0.2) is 4.77 Å². The van der Waals surface area contributed by atoms with E-state index in [4.69, 9.17) is 12.2 Å². The van der Waals surface area contributed by atoms with Gasteiger partial charge >= 0.3 is 0 Å². The van der Waals surface area contributed by atoms with E-state index in [-0.39, 0.29) is 28.8 Å².